The number of rotatable bonds is 4. The normalized spacial score (nSPS) is 12.9. The van der Waals surface area contributed by atoms with Crippen LogP contribution in [0.1, 0.15) is 28.8 Å². The predicted molar refractivity (Wildman–Crippen MR) is 66.9 cm³/mol. The molecule has 0 amide bonds. The minimum atomic E-state index is 0.267. The first kappa shape index (κ1) is 11.9. The van der Waals surface area contributed by atoms with Crippen LogP contribution in [0.3, 0.4) is 0 Å². The van der Waals surface area contributed by atoms with E-state index in [4.69, 9.17) is 4.42 Å². The van der Waals surface area contributed by atoms with Gasteiger partial charge in [-0.3, -0.25) is 4.68 Å². The highest BCUT2D eigenvalue weighted by Gasteiger charge is 2.16. The number of hydrogen-bond donors (Lipinski definition) is 1. The van der Waals surface area contributed by atoms with Gasteiger partial charge in [-0.1, -0.05) is 0 Å². The number of likely N-dealkylation sites (N-methyl/N-ethyl adjacent to an activating group) is 1. The van der Waals surface area contributed by atoms with Crippen molar-refractivity contribution in [1.82, 2.24) is 15.1 Å². The van der Waals surface area contributed by atoms with Crippen molar-refractivity contribution < 1.29 is 4.42 Å². The highest BCUT2D eigenvalue weighted by Crippen LogP contribution is 2.22. The Morgan fingerprint density at radius 3 is 2.71 bits per heavy atom. The third-order valence-electron chi connectivity index (χ3n) is 3.13. The maximum Gasteiger partial charge on any atom is 0.105 e. The first-order valence-corrected chi connectivity index (χ1v) is 5.82. The third kappa shape index (κ3) is 2.42. The van der Waals surface area contributed by atoms with E-state index >= 15 is 0 Å². The van der Waals surface area contributed by atoms with Gasteiger partial charge in [-0.2, -0.15) is 5.10 Å². The van der Waals surface area contributed by atoms with Gasteiger partial charge in [0, 0.05) is 30.8 Å². The standard InChI is InChI=1S/C13H19N3O/c1-9-7-11(16(4)15-9)8-13(14-3)12-5-6-17-10(12)2/h5-7,13-14H,8H2,1-4H3. The van der Waals surface area contributed by atoms with Gasteiger partial charge in [0.25, 0.3) is 0 Å². The molecule has 92 valence electrons. The molecule has 1 N–H and O–H groups in total. The van der Waals surface area contributed by atoms with Crippen molar-refractivity contribution >= 4 is 0 Å². The first-order chi connectivity index (χ1) is 8.11. The summed E-state index contributed by atoms with van der Waals surface area (Å²) in [5.74, 6) is 0.975. The minimum absolute atomic E-state index is 0.267. The van der Waals surface area contributed by atoms with Crippen LogP contribution in [0.2, 0.25) is 0 Å². The van der Waals surface area contributed by atoms with Crippen LogP contribution in [0.5, 0.6) is 0 Å². The van der Waals surface area contributed by atoms with Crippen LogP contribution in [-0.4, -0.2) is 16.8 Å². The van der Waals surface area contributed by atoms with Gasteiger partial charge in [-0.15, -0.1) is 0 Å². The van der Waals surface area contributed by atoms with Gasteiger partial charge in [0.1, 0.15) is 5.76 Å². The van der Waals surface area contributed by atoms with E-state index in [0.717, 1.165) is 17.9 Å². The number of aromatic nitrogens is 2. The molecule has 1 atom stereocenters. The Balaban J connectivity index is 2.21. The van der Waals surface area contributed by atoms with Crippen LogP contribution in [0.15, 0.2) is 22.8 Å². The van der Waals surface area contributed by atoms with Crippen molar-refractivity contribution in [1.29, 1.82) is 0 Å². The lowest BCUT2D eigenvalue weighted by Crippen LogP contribution is -2.20. The fourth-order valence-electron chi connectivity index (χ4n) is 2.19. The largest absolute Gasteiger partial charge is 0.469 e. The molecule has 2 aromatic heterocycles. The molecule has 0 radical (unpaired) electrons. The van der Waals surface area contributed by atoms with E-state index in [0.29, 0.717) is 0 Å². The summed E-state index contributed by atoms with van der Waals surface area (Å²) >= 11 is 0. The van der Waals surface area contributed by atoms with E-state index < -0.39 is 0 Å². The van der Waals surface area contributed by atoms with Crippen molar-refractivity contribution in [3.05, 3.63) is 41.1 Å². The molecule has 0 saturated carbocycles. The van der Waals surface area contributed by atoms with Gasteiger partial charge in [-0.05, 0) is 33.0 Å². The number of hydrogen-bond acceptors (Lipinski definition) is 3. The molecule has 0 fully saturated rings. The lowest BCUT2D eigenvalue weighted by molar-refractivity contribution is 0.506. The molecule has 0 aliphatic carbocycles. The average molecular weight is 233 g/mol. The third-order valence-corrected chi connectivity index (χ3v) is 3.13. The van der Waals surface area contributed by atoms with Crippen LogP contribution < -0.4 is 5.32 Å². The van der Waals surface area contributed by atoms with E-state index in [1.54, 1.807) is 6.26 Å². The number of nitrogens with one attached hydrogen (secondary N) is 1. The quantitative estimate of drug-likeness (QED) is 0.879. The van der Waals surface area contributed by atoms with Crippen molar-refractivity contribution in [2.24, 2.45) is 7.05 Å². The van der Waals surface area contributed by atoms with E-state index in [2.05, 4.69) is 16.5 Å². The summed E-state index contributed by atoms with van der Waals surface area (Å²) in [6.07, 6.45) is 2.65. The van der Waals surface area contributed by atoms with Crippen molar-refractivity contribution in [2.75, 3.05) is 7.05 Å². The summed E-state index contributed by atoms with van der Waals surface area (Å²) in [6.45, 7) is 4.01. The molecule has 2 heterocycles. The molecular weight excluding hydrogens is 214 g/mol. The molecule has 0 bridgehead atoms. The smallest absolute Gasteiger partial charge is 0.105 e. The maximum absolute atomic E-state index is 5.36. The van der Waals surface area contributed by atoms with E-state index in [1.807, 2.05) is 38.7 Å². The van der Waals surface area contributed by atoms with E-state index in [9.17, 15) is 0 Å². The van der Waals surface area contributed by atoms with Crippen molar-refractivity contribution in [3.8, 4) is 0 Å². The molecule has 0 saturated heterocycles. The summed E-state index contributed by atoms with van der Waals surface area (Å²) in [4.78, 5) is 0. The number of furan rings is 1. The van der Waals surface area contributed by atoms with Gasteiger partial charge in [0.05, 0.1) is 12.0 Å². The lowest BCUT2D eigenvalue weighted by atomic mass is 10.0. The monoisotopic (exact) mass is 233 g/mol. The zero-order chi connectivity index (χ0) is 12.4. The van der Waals surface area contributed by atoms with Gasteiger partial charge in [0.15, 0.2) is 0 Å². The molecule has 2 aromatic rings. The summed E-state index contributed by atoms with van der Waals surface area (Å²) in [7, 11) is 3.96. The van der Waals surface area contributed by atoms with E-state index in [1.165, 1.54) is 11.3 Å². The Morgan fingerprint density at radius 1 is 1.47 bits per heavy atom. The number of aryl methyl sites for hydroxylation is 3. The van der Waals surface area contributed by atoms with Gasteiger partial charge in [0.2, 0.25) is 0 Å². The minimum Gasteiger partial charge on any atom is -0.469 e. The zero-order valence-corrected chi connectivity index (χ0v) is 10.8. The Kier molecular flexibility index (Phi) is 3.33. The van der Waals surface area contributed by atoms with Gasteiger partial charge >= 0.3 is 0 Å². The van der Waals surface area contributed by atoms with Crippen molar-refractivity contribution in [2.45, 2.75) is 26.3 Å². The fourth-order valence-corrected chi connectivity index (χ4v) is 2.19. The van der Waals surface area contributed by atoms with Crippen LogP contribution in [0.25, 0.3) is 0 Å². The Morgan fingerprint density at radius 2 is 2.24 bits per heavy atom. The molecule has 4 heteroatoms. The highest BCUT2D eigenvalue weighted by molar-refractivity contribution is 5.23. The second-order valence-electron chi connectivity index (χ2n) is 4.38. The van der Waals surface area contributed by atoms with Crippen LogP contribution >= 0.6 is 0 Å². The Hall–Kier alpha value is -1.55. The predicted octanol–water partition coefficient (Wildman–Crippen LogP) is 2.13. The zero-order valence-electron chi connectivity index (χ0n) is 10.8. The summed E-state index contributed by atoms with van der Waals surface area (Å²) in [6, 6.07) is 4.42. The molecule has 0 aliphatic rings. The van der Waals surface area contributed by atoms with Crippen LogP contribution in [0.4, 0.5) is 0 Å². The van der Waals surface area contributed by atoms with Crippen LogP contribution in [0, 0.1) is 13.8 Å². The second-order valence-corrected chi connectivity index (χ2v) is 4.38. The molecule has 0 spiro atoms. The SMILES string of the molecule is CNC(Cc1cc(C)nn1C)c1ccoc1C. The number of nitrogens with zero attached hydrogens (tertiary/aromatic N) is 2. The van der Waals surface area contributed by atoms with Crippen LogP contribution in [-0.2, 0) is 13.5 Å². The summed E-state index contributed by atoms with van der Waals surface area (Å²) < 4.78 is 7.30. The summed E-state index contributed by atoms with van der Waals surface area (Å²) in [5.41, 5.74) is 3.50. The van der Waals surface area contributed by atoms with Gasteiger partial charge < -0.3 is 9.73 Å². The molecule has 0 aliphatic heterocycles. The molecule has 0 aromatic carbocycles. The Bertz CT molecular complexity index is 498. The first-order valence-electron chi connectivity index (χ1n) is 5.82. The molecule has 17 heavy (non-hydrogen) atoms. The topological polar surface area (TPSA) is 43.0 Å². The maximum atomic E-state index is 5.36. The van der Waals surface area contributed by atoms with E-state index in [-0.39, 0.29) is 6.04 Å². The average Bonchev–Trinajstić information content (AvgIpc) is 2.82. The molecular formula is C13H19N3O. The lowest BCUT2D eigenvalue weighted by Gasteiger charge is -2.15. The molecule has 1 unspecified atom stereocenters. The van der Waals surface area contributed by atoms with Gasteiger partial charge in [-0.25, -0.2) is 0 Å². The summed E-state index contributed by atoms with van der Waals surface area (Å²) in [5, 5.41) is 7.70. The van der Waals surface area contributed by atoms with Crippen molar-refractivity contribution in [3.63, 3.8) is 0 Å². The molecule has 2 rings (SSSR count). The fraction of sp³-hybridized carbons (Fsp3) is 0.462. The highest BCUT2D eigenvalue weighted by atomic mass is 16.3. The second kappa shape index (κ2) is 4.75. The molecule has 4 nitrogen and oxygen atoms in total. The Labute approximate surface area is 102 Å².